The summed E-state index contributed by atoms with van der Waals surface area (Å²) < 4.78 is 48.8. The van der Waals surface area contributed by atoms with Gasteiger partial charge in [-0.15, -0.1) is 0 Å². The van der Waals surface area contributed by atoms with E-state index in [0.29, 0.717) is 65.2 Å². The number of carbonyl (C=O) groups excluding carboxylic acids is 1. The molecule has 0 bridgehead atoms. The molecule has 5 rings (SSSR count). The highest BCUT2D eigenvalue weighted by atomic mass is 32.2. The minimum Gasteiger partial charge on any atom is -0.508 e. The summed E-state index contributed by atoms with van der Waals surface area (Å²) in [5.74, 6) is 0.315. The zero-order chi connectivity index (χ0) is 29.9. The standard InChI is InChI=1S/C30H28N2O9S/c1-19(33)20-5-11-27-26(17-20)31-29(40-27)25-16-21-4-6-22(18-28(21)41-30(25)35)32(13-3-15-42(36,37)38)12-2-14-39-24-9-7-23(34)8-10-24/h4-11,16-18,34H,2-3,12-15H2,1H3,(H,36,37,38). The number of ketones is 1. The van der Waals surface area contributed by atoms with Crippen molar-refractivity contribution >= 4 is 43.7 Å². The molecule has 42 heavy (non-hydrogen) atoms. The largest absolute Gasteiger partial charge is 0.508 e. The van der Waals surface area contributed by atoms with Crippen molar-refractivity contribution in [3.63, 3.8) is 0 Å². The van der Waals surface area contributed by atoms with E-state index in [1.165, 1.54) is 19.1 Å². The minimum atomic E-state index is -4.12. The molecule has 2 N–H and O–H groups in total. The summed E-state index contributed by atoms with van der Waals surface area (Å²) in [5.41, 5.74) is 1.84. The summed E-state index contributed by atoms with van der Waals surface area (Å²) in [7, 11) is -4.12. The van der Waals surface area contributed by atoms with Gasteiger partial charge in [0.2, 0.25) is 5.89 Å². The van der Waals surface area contributed by atoms with E-state index in [1.54, 1.807) is 48.5 Å². The molecule has 0 aliphatic carbocycles. The van der Waals surface area contributed by atoms with Crippen LogP contribution in [0.3, 0.4) is 0 Å². The molecule has 0 saturated carbocycles. The van der Waals surface area contributed by atoms with Gasteiger partial charge in [-0.1, -0.05) is 0 Å². The summed E-state index contributed by atoms with van der Waals surface area (Å²) in [4.78, 5) is 31.0. The van der Waals surface area contributed by atoms with Crippen LogP contribution < -0.4 is 15.3 Å². The number of carbonyl (C=O) groups is 1. The second-order valence-corrected chi connectivity index (χ2v) is 11.3. The van der Waals surface area contributed by atoms with E-state index in [2.05, 4.69) is 4.98 Å². The van der Waals surface area contributed by atoms with Crippen LogP contribution in [0, 0.1) is 0 Å². The molecule has 2 heterocycles. The molecule has 5 aromatic rings. The summed E-state index contributed by atoms with van der Waals surface area (Å²) in [6, 6.07) is 18.1. The topological polar surface area (TPSA) is 160 Å². The number of phenols is 1. The first kappa shape index (κ1) is 28.8. The smallest absolute Gasteiger partial charge is 0.349 e. The lowest BCUT2D eigenvalue weighted by Gasteiger charge is -2.25. The molecule has 0 spiro atoms. The predicted molar refractivity (Wildman–Crippen MR) is 157 cm³/mol. The molecular formula is C30H28N2O9S. The number of rotatable bonds is 12. The minimum absolute atomic E-state index is 0.0749. The van der Waals surface area contributed by atoms with Gasteiger partial charge in [0.15, 0.2) is 11.4 Å². The average molecular weight is 593 g/mol. The fraction of sp³-hybridized carbons (Fsp3) is 0.233. The molecule has 0 amide bonds. The van der Waals surface area contributed by atoms with Crippen molar-refractivity contribution in [1.82, 2.24) is 4.98 Å². The fourth-order valence-corrected chi connectivity index (χ4v) is 5.00. The number of ether oxygens (including phenoxy) is 1. The molecule has 11 nitrogen and oxygen atoms in total. The SMILES string of the molecule is CC(=O)c1ccc2oc(-c3cc4ccc(N(CCCOc5ccc(O)cc5)CCCS(=O)(=O)O)cc4oc3=O)nc2c1. The number of aromatic hydroxyl groups is 1. The Bertz CT molecular complexity index is 1910. The maximum atomic E-state index is 13.0. The van der Waals surface area contributed by atoms with Gasteiger partial charge >= 0.3 is 5.63 Å². The van der Waals surface area contributed by atoms with Crippen molar-refractivity contribution in [2.24, 2.45) is 0 Å². The monoisotopic (exact) mass is 592 g/mol. The number of hydrogen-bond donors (Lipinski definition) is 2. The van der Waals surface area contributed by atoms with Gasteiger partial charge in [-0.05, 0) is 80.4 Å². The zero-order valence-electron chi connectivity index (χ0n) is 22.6. The normalized spacial score (nSPS) is 11.7. The van der Waals surface area contributed by atoms with Crippen LogP contribution in [0.2, 0.25) is 0 Å². The Hall–Kier alpha value is -4.68. The Kier molecular flexibility index (Phi) is 8.27. The second-order valence-electron chi connectivity index (χ2n) is 9.75. The number of phenolic OH excluding ortho intramolecular Hbond substituents is 1. The molecule has 0 aliphatic heterocycles. The van der Waals surface area contributed by atoms with Crippen molar-refractivity contribution in [3.05, 3.63) is 82.7 Å². The summed E-state index contributed by atoms with van der Waals surface area (Å²) in [6.45, 7) is 2.63. The van der Waals surface area contributed by atoms with Crippen molar-refractivity contribution in [3.8, 4) is 23.0 Å². The Morgan fingerprint density at radius 1 is 0.952 bits per heavy atom. The predicted octanol–water partition coefficient (Wildman–Crippen LogP) is 5.06. The first-order valence-corrected chi connectivity index (χ1v) is 14.8. The van der Waals surface area contributed by atoms with Crippen LogP contribution >= 0.6 is 0 Å². The lowest BCUT2D eigenvalue weighted by Crippen LogP contribution is -2.28. The highest BCUT2D eigenvalue weighted by molar-refractivity contribution is 7.85. The van der Waals surface area contributed by atoms with E-state index in [0.717, 1.165) is 0 Å². The van der Waals surface area contributed by atoms with Crippen LogP contribution in [0.15, 0.2) is 80.4 Å². The number of Topliss-reactive ketones (excluding diaryl/α,β-unsaturated/α-hetero) is 1. The van der Waals surface area contributed by atoms with Crippen LogP contribution in [0.5, 0.6) is 11.5 Å². The van der Waals surface area contributed by atoms with Gasteiger partial charge in [0.25, 0.3) is 10.1 Å². The molecule has 2 aromatic heterocycles. The van der Waals surface area contributed by atoms with Crippen LogP contribution in [-0.4, -0.2) is 54.3 Å². The third-order valence-corrected chi connectivity index (χ3v) is 7.42. The molecule has 218 valence electrons. The Morgan fingerprint density at radius 2 is 1.71 bits per heavy atom. The summed E-state index contributed by atoms with van der Waals surface area (Å²) >= 11 is 0. The first-order valence-electron chi connectivity index (χ1n) is 13.2. The first-order chi connectivity index (χ1) is 20.1. The van der Waals surface area contributed by atoms with Gasteiger partial charge in [-0.2, -0.15) is 8.42 Å². The van der Waals surface area contributed by atoms with E-state index in [1.807, 2.05) is 11.0 Å². The van der Waals surface area contributed by atoms with Gasteiger partial charge < -0.3 is 23.6 Å². The van der Waals surface area contributed by atoms with E-state index < -0.39 is 21.5 Å². The zero-order valence-corrected chi connectivity index (χ0v) is 23.5. The molecule has 0 fully saturated rings. The number of anilines is 1. The highest BCUT2D eigenvalue weighted by Crippen LogP contribution is 2.28. The van der Waals surface area contributed by atoms with Crippen LogP contribution in [-0.2, 0) is 10.1 Å². The number of aromatic nitrogens is 1. The lowest BCUT2D eigenvalue weighted by atomic mass is 10.1. The summed E-state index contributed by atoms with van der Waals surface area (Å²) in [5, 5.41) is 10.0. The van der Waals surface area contributed by atoms with Crippen LogP contribution in [0.25, 0.3) is 33.5 Å². The van der Waals surface area contributed by atoms with Gasteiger partial charge in [0.05, 0.1) is 12.4 Å². The van der Waals surface area contributed by atoms with Crippen molar-refractivity contribution < 1.29 is 36.4 Å². The van der Waals surface area contributed by atoms with Crippen molar-refractivity contribution in [2.75, 3.05) is 30.3 Å². The number of hydrogen-bond acceptors (Lipinski definition) is 10. The molecule has 0 unspecified atom stereocenters. The van der Waals surface area contributed by atoms with Gasteiger partial charge in [0, 0.05) is 35.8 Å². The maximum Gasteiger partial charge on any atom is 0.349 e. The van der Waals surface area contributed by atoms with Gasteiger partial charge in [-0.25, -0.2) is 9.78 Å². The molecule has 0 saturated heterocycles. The number of oxazole rings is 1. The quantitative estimate of drug-likeness (QED) is 0.0862. The molecule has 12 heteroatoms. The number of benzene rings is 3. The fourth-order valence-electron chi connectivity index (χ4n) is 4.50. The van der Waals surface area contributed by atoms with E-state index >= 15 is 0 Å². The van der Waals surface area contributed by atoms with Crippen LogP contribution in [0.4, 0.5) is 5.69 Å². The van der Waals surface area contributed by atoms with E-state index in [9.17, 15) is 27.7 Å². The Morgan fingerprint density at radius 3 is 2.45 bits per heavy atom. The number of nitrogens with zero attached hydrogens (tertiary/aromatic N) is 2. The molecule has 3 aromatic carbocycles. The highest BCUT2D eigenvalue weighted by Gasteiger charge is 2.17. The van der Waals surface area contributed by atoms with Crippen LogP contribution in [0.1, 0.15) is 30.1 Å². The summed E-state index contributed by atoms with van der Waals surface area (Å²) in [6.07, 6.45) is 0.762. The number of fused-ring (bicyclic) bond motifs is 2. The van der Waals surface area contributed by atoms with Crippen molar-refractivity contribution in [2.45, 2.75) is 19.8 Å². The third-order valence-electron chi connectivity index (χ3n) is 6.62. The molecule has 0 radical (unpaired) electrons. The molecule has 0 aliphatic rings. The molecule has 0 atom stereocenters. The maximum absolute atomic E-state index is 13.0. The lowest BCUT2D eigenvalue weighted by molar-refractivity contribution is 0.101. The average Bonchev–Trinajstić information content (AvgIpc) is 3.37. The van der Waals surface area contributed by atoms with E-state index in [4.69, 9.17) is 13.6 Å². The Labute approximate surface area is 240 Å². The Balaban J connectivity index is 1.37. The third kappa shape index (κ3) is 6.96. The molecular weight excluding hydrogens is 564 g/mol. The van der Waals surface area contributed by atoms with Gasteiger partial charge in [0.1, 0.15) is 28.2 Å². The van der Waals surface area contributed by atoms with Crippen molar-refractivity contribution in [1.29, 1.82) is 0 Å². The second kappa shape index (κ2) is 12.0. The van der Waals surface area contributed by atoms with Gasteiger partial charge in [-0.3, -0.25) is 9.35 Å². The van der Waals surface area contributed by atoms with E-state index in [-0.39, 0.29) is 29.4 Å².